The monoisotopic (exact) mass is 1100 g/mol. The van der Waals surface area contributed by atoms with Gasteiger partial charge in [-0.2, -0.15) is 0 Å². The Hall–Kier alpha value is -4.66. The highest BCUT2D eigenvalue weighted by Gasteiger charge is 2.45. The van der Waals surface area contributed by atoms with Crippen LogP contribution in [0.2, 0.25) is 0 Å². The molecule has 14 atom stereocenters. The van der Waals surface area contributed by atoms with Crippen LogP contribution in [0.25, 0.3) is 0 Å². The van der Waals surface area contributed by atoms with Crippen molar-refractivity contribution in [3.63, 3.8) is 0 Å². The third kappa shape index (κ3) is 14.1. The van der Waals surface area contributed by atoms with E-state index < -0.39 is 53.7 Å². The number of aromatic hydroxyl groups is 1. The Morgan fingerprint density at radius 1 is 0.949 bits per heavy atom. The molecule has 420 valence electrons. The van der Waals surface area contributed by atoms with Gasteiger partial charge < -0.3 is 61.8 Å². The van der Waals surface area contributed by atoms with E-state index in [1.807, 2.05) is 30.5 Å². The van der Waals surface area contributed by atoms with E-state index in [2.05, 4.69) is 101 Å². The van der Waals surface area contributed by atoms with Crippen molar-refractivity contribution in [3.8, 4) is 23.3 Å². The molecular formula is C64H84N4O8S2. The minimum atomic E-state index is -1.08. The molecular weight excluding hydrogens is 1020 g/mol. The number of aliphatic hydroxyl groups is 6. The normalized spacial score (nSPS) is 30.4. The predicted octanol–water partition coefficient (Wildman–Crippen LogP) is 8.43. The summed E-state index contributed by atoms with van der Waals surface area (Å²) in [6, 6.07) is 28.8. The molecule has 3 aromatic carbocycles. The maximum absolute atomic E-state index is 12.7. The van der Waals surface area contributed by atoms with Gasteiger partial charge in [-0.25, -0.2) is 0 Å². The van der Waals surface area contributed by atoms with Crippen LogP contribution in [0.3, 0.4) is 0 Å². The first kappa shape index (κ1) is 58.0. The van der Waals surface area contributed by atoms with Gasteiger partial charge in [-0.1, -0.05) is 119 Å². The second-order valence-corrected chi connectivity index (χ2v) is 25.5. The SMILES string of the molecule is CC[C@H]1Cc2cc(O)c(O[C@H]3C[C@@H](Cc4ccc[nH]4)C4=CCNC(N)=C4CSSC[C@H](CO)[C@@H]3O)cc2[C@H]2C[C@@H](O)[C@@H]3[C@@H](C#C[C@](CCO)(C[C@H](CCc4ccccc4)c4ccccc4)C[C@@H](NC[C@H](C)O)CC[C@@H]3O)C=C12. The molecule has 4 aromatic rings. The number of dihydropyridines is 1. The maximum Gasteiger partial charge on any atom is 0.161 e. The molecule has 5 aliphatic rings. The first-order valence-electron chi connectivity index (χ1n) is 28.7. The highest BCUT2D eigenvalue weighted by molar-refractivity contribution is 8.76. The van der Waals surface area contributed by atoms with E-state index in [1.165, 1.54) is 11.1 Å². The van der Waals surface area contributed by atoms with Gasteiger partial charge in [-0.3, -0.25) is 0 Å². The zero-order chi connectivity index (χ0) is 54.8. The summed E-state index contributed by atoms with van der Waals surface area (Å²) in [6.45, 7) is 4.59. The molecule has 3 aliphatic carbocycles. The molecule has 0 saturated carbocycles. The molecule has 0 amide bonds. The van der Waals surface area contributed by atoms with Crippen molar-refractivity contribution in [2.45, 2.75) is 139 Å². The van der Waals surface area contributed by atoms with E-state index in [9.17, 15) is 35.7 Å². The fourth-order valence-corrected chi connectivity index (χ4v) is 16.0. The maximum atomic E-state index is 12.7. The number of H-pyrrole nitrogens is 1. The summed E-state index contributed by atoms with van der Waals surface area (Å²) >= 11 is 0. The van der Waals surface area contributed by atoms with Gasteiger partial charge in [-0.15, -0.1) is 0 Å². The number of aromatic nitrogens is 1. The molecule has 1 aromatic heterocycles. The molecule has 0 unspecified atom stereocenters. The Morgan fingerprint density at radius 3 is 2.47 bits per heavy atom. The lowest BCUT2D eigenvalue weighted by atomic mass is 9.68. The lowest BCUT2D eigenvalue weighted by Gasteiger charge is -2.38. The van der Waals surface area contributed by atoms with Crippen LogP contribution in [0.4, 0.5) is 0 Å². The second kappa shape index (κ2) is 27.2. The molecule has 3 heterocycles. The van der Waals surface area contributed by atoms with E-state index >= 15 is 0 Å². The quantitative estimate of drug-likeness (QED) is 0.0272. The third-order valence-corrected chi connectivity index (χ3v) is 20.1. The van der Waals surface area contributed by atoms with Crippen molar-refractivity contribution in [1.29, 1.82) is 0 Å². The van der Waals surface area contributed by atoms with Gasteiger partial charge in [0.2, 0.25) is 0 Å². The number of nitrogens with one attached hydrogen (secondary N) is 3. The number of fused-ring (bicyclic) bond motifs is 5. The predicted molar refractivity (Wildman–Crippen MR) is 314 cm³/mol. The number of ether oxygens (including phenoxy) is 1. The van der Waals surface area contributed by atoms with Crippen molar-refractivity contribution >= 4 is 21.6 Å². The highest BCUT2D eigenvalue weighted by atomic mass is 33.1. The first-order chi connectivity index (χ1) is 37.8. The van der Waals surface area contributed by atoms with Crippen molar-refractivity contribution in [3.05, 3.63) is 154 Å². The van der Waals surface area contributed by atoms with Gasteiger partial charge in [0.1, 0.15) is 11.9 Å². The molecule has 2 aliphatic heterocycles. The van der Waals surface area contributed by atoms with E-state index in [0.29, 0.717) is 88.2 Å². The Labute approximate surface area is 470 Å². The van der Waals surface area contributed by atoms with Crippen molar-refractivity contribution in [2.24, 2.45) is 40.7 Å². The summed E-state index contributed by atoms with van der Waals surface area (Å²) in [6.07, 6.45) is 9.35. The molecule has 12 N–H and O–H groups in total. The van der Waals surface area contributed by atoms with Crippen molar-refractivity contribution < 1.29 is 40.5 Å². The van der Waals surface area contributed by atoms with Gasteiger partial charge >= 0.3 is 0 Å². The van der Waals surface area contributed by atoms with E-state index in [0.717, 1.165) is 52.8 Å². The first-order valence-corrected chi connectivity index (χ1v) is 31.2. The fraction of sp³-hybridized carbons (Fsp3) is 0.531. The average molecular weight is 1100 g/mol. The van der Waals surface area contributed by atoms with Crippen molar-refractivity contribution in [2.75, 3.05) is 37.8 Å². The van der Waals surface area contributed by atoms with Crippen LogP contribution in [0.15, 0.2) is 126 Å². The summed E-state index contributed by atoms with van der Waals surface area (Å²) in [7, 11) is 3.24. The zero-order valence-corrected chi connectivity index (χ0v) is 47.1. The van der Waals surface area contributed by atoms with Gasteiger partial charge in [0.05, 0.1) is 24.4 Å². The number of hydrogen-bond acceptors (Lipinski definition) is 13. The molecule has 9 rings (SSSR count). The average Bonchev–Trinajstić information content (AvgIpc) is 4.01. The van der Waals surface area contributed by atoms with Crippen LogP contribution in [-0.4, -0.2) is 115 Å². The number of hydrogen-bond donors (Lipinski definition) is 11. The number of phenols is 1. The fourth-order valence-electron chi connectivity index (χ4n) is 13.5. The summed E-state index contributed by atoms with van der Waals surface area (Å²) in [5.41, 5.74) is 14.7. The number of aliphatic hydroxyl groups excluding tert-OH is 6. The summed E-state index contributed by atoms with van der Waals surface area (Å²) in [5.74, 6) is 7.79. The number of rotatable bonds is 17. The molecule has 1 fully saturated rings. The topological polar surface area (TPSA) is 217 Å². The Morgan fingerprint density at radius 2 is 1.74 bits per heavy atom. The molecule has 0 bridgehead atoms. The van der Waals surface area contributed by atoms with Crippen LogP contribution in [0, 0.1) is 46.8 Å². The Balaban J connectivity index is 1.10. The van der Waals surface area contributed by atoms with Crippen LogP contribution in [0.5, 0.6) is 11.5 Å². The summed E-state index contributed by atoms with van der Waals surface area (Å²) in [5, 5.41) is 88.7. The van der Waals surface area contributed by atoms with Gasteiger partial charge in [0.25, 0.3) is 0 Å². The van der Waals surface area contributed by atoms with Crippen molar-refractivity contribution in [1.82, 2.24) is 15.6 Å². The summed E-state index contributed by atoms with van der Waals surface area (Å²) in [4.78, 5) is 3.37. The molecule has 78 heavy (non-hydrogen) atoms. The third-order valence-electron chi connectivity index (χ3n) is 17.7. The molecule has 0 radical (unpaired) electrons. The number of allylic oxidation sites excluding steroid dienone is 3. The lowest BCUT2D eigenvalue weighted by molar-refractivity contribution is -0.0214. The zero-order valence-electron chi connectivity index (χ0n) is 45.5. The standard InChI is InChI=1S/C64H84N4O8S2/c1-3-42-27-46-30-57(73)59(76-60-31-47(28-49-15-10-24-66-49)51-21-25-67-63(65)55(51)39-78-77-38-48(37-70)62(60)75)33-53(46)54-32-58(74)61-44(29-52(42)54)20-22-64(23-26-69,35-50(18-19-56(61)72)68-36-40(2)71)34-45(43-13-8-5-9-14-43)17-16-41-11-6-4-7-12-41/h4-15,21,24,29-30,33,40,42,44-45,47-48,50,54,56,58,60-62,66-75H,3,16-19,23,25-28,31-32,34-39,65H2,1-2H3/t40-,42-,44-,45-,47+,48-,50-,54-,56-,58+,60-,61+,62-,64-/m0/s1. The van der Waals surface area contributed by atoms with Gasteiger partial charge in [0, 0.05) is 90.4 Å². The van der Waals surface area contributed by atoms with Gasteiger partial charge in [-0.05, 0) is 154 Å². The minimum Gasteiger partial charge on any atom is -0.504 e. The minimum absolute atomic E-state index is 0.0315. The van der Waals surface area contributed by atoms with Crippen LogP contribution in [-0.2, 0) is 19.3 Å². The van der Waals surface area contributed by atoms with E-state index in [-0.39, 0.29) is 54.4 Å². The van der Waals surface area contributed by atoms with Crippen LogP contribution < -0.4 is 21.1 Å². The second-order valence-electron chi connectivity index (χ2n) is 23.0. The summed E-state index contributed by atoms with van der Waals surface area (Å²) < 4.78 is 6.97. The number of aromatic amines is 1. The van der Waals surface area contributed by atoms with Crippen LogP contribution in [0.1, 0.15) is 111 Å². The molecule has 14 heteroatoms. The lowest BCUT2D eigenvalue weighted by Crippen LogP contribution is -2.43. The molecule has 0 spiro atoms. The molecule has 12 nitrogen and oxygen atoms in total. The smallest absolute Gasteiger partial charge is 0.161 e. The van der Waals surface area contributed by atoms with E-state index in [1.54, 1.807) is 34.6 Å². The van der Waals surface area contributed by atoms with Crippen LogP contribution >= 0.6 is 21.6 Å². The Bertz CT molecular complexity index is 2730. The van der Waals surface area contributed by atoms with E-state index in [4.69, 9.17) is 10.5 Å². The number of nitrogens with two attached hydrogens (primary N) is 1. The number of phenolic OH excluding ortho intramolecular Hbond substituents is 1. The molecule has 1 saturated heterocycles. The Kier molecular flexibility index (Phi) is 20.2. The number of aryl methyl sites for hydroxylation is 1. The largest absolute Gasteiger partial charge is 0.504 e. The highest BCUT2D eigenvalue weighted by Crippen LogP contribution is 2.51. The number of benzene rings is 3. The van der Waals surface area contributed by atoms with Gasteiger partial charge in [0.15, 0.2) is 11.5 Å².